The lowest BCUT2D eigenvalue weighted by Crippen LogP contribution is -2.32. The fraction of sp³-hybridized carbons (Fsp3) is 0.360. The molecule has 0 aromatic heterocycles. The zero-order valence-electron chi connectivity index (χ0n) is 17.8. The molecule has 0 saturated carbocycles. The van der Waals surface area contributed by atoms with E-state index in [2.05, 4.69) is 0 Å². The molecule has 0 spiro atoms. The monoisotopic (exact) mass is 457 g/mol. The number of carbonyl (C=O) groups is 2. The number of ether oxygens (including phenoxy) is 1. The van der Waals surface area contributed by atoms with Crippen molar-refractivity contribution < 1.29 is 24.5 Å². The number of carbonyl (C=O) groups excluding carboxylic acids is 1. The summed E-state index contributed by atoms with van der Waals surface area (Å²) >= 11 is 5.97. The largest absolute Gasteiger partial charge is 0.480 e. The van der Waals surface area contributed by atoms with E-state index >= 15 is 0 Å². The lowest BCUT2D eigenvalue weighted by Gasteiger charge is -2.22. The molecular weight excluding hydrogens is 430 g/mol. The van der Waals surface area contributed by atoms with Crippen LogP contribution in [0.5, 0.6) is 0 Å². The zero-order valence-corrected chi connectivity index (χ0v) is 18.6. The first-order valence-electron chi connectivity index (χ1n) is 10.8. The van der Waals surface area contributed by atoms with Crippen LogP contribution in [-0.2, 0) is 14.3 Å². The van der Waals surface area contributed by atoms with Crippen molar-refractivity contribution in [3.8, 4) is 11.1 Å². The van der Waals surface area contributed by atoms with Crippen LogP contribution in [0.1, 0.15) is 37.4 Å². The lowest BCUT2D eigenvalue weighted by atomic mass is 10.00. The van der Waals surface area contributed by atoms with Gasteiger partial charge in [-0.2, -0.15) is 0 Å². The predicted octanol–water partition coefficient (Wildman–Crippen LogP) is 4.47. The van der Waals surface area contributed by atoms with E-state index in [0.29, 0.717) is 31.0 Å². The van der Waals surface area contributed by atoms with Gasteiger partial charge in [-0.05, 0) is 54.2 Å². The van der Waals surface area contributed by atoms with Crippen LogP contribution in [0.4, 0.5) is 0 Å². The number of benzene rings is 2. The number of aliphatic carboxylic acids is 1. The Hall–Kier alpha value is -2.67. The van der Waals surface area contributed by atoms with Crippen LogP contribution in [0.2, 0.25) is 5.02 Å². The van der Waals surface area contributed by atoms with Gasteiger partial charge in [0.25, 0.3) is 0 Å². The van der Waals surface area contributed by atoms with Crippen molar-refractivity contribution in [1.82, 2.24) is 4.90 Å². The summed E-state index contributed by atoms with van der Waals surface area (Å²) in [5, 5.41) is 19.9. The Labute approximate surface area is 193 Å². The molecule has 3 rings (SSSR count). The van der Waals surface area contributed by atoms with Gasteiger partial charge in [0.1, 0.15) is 6.61 Å². The summed E-state index contributed by atoms with van der Waals surface area (Å²) in [4.78, 5) is 24.5. The van der Waals surface area contributed by atoms with Crippen LogP contribution >= 0.6 is 11.6 Å². The highest BCUT2D eigenvalue weighted by Gasteiger charge is 2.28. The van der Waals surface area contributed by atoms with Gasteiger partial charge in [0.2, 0.25) is 5.91 Å². The maximum Gasteiger partial charge on any atom is 0.329 e. The van der Waals surface area contributed by atoms with Crippen LogP contribution in [0.3, 0.4) is 0 Å². The van der Waals surface area contributed by atoms with Crippen LogP contribution in [0.25, 0.3) is 11.1 Å². The van der Waals surface area contributed by atoms with Gasteiger partial charge >= 0.3 is 5.97 Å². The fourth-order valence-corrected chi connectivity index (χ4v) is 3.91. The third-order valence-electron chi connectivity index (χ3n) is 5.46. The smallest absolute Gasteiger partial charge is 0.329 e. The van der Waals surface area contributed by atoms with E-state index in [-0.39, 0.29) is 18.6 Å². The van der Waals surface area contributed by atoms with Crippen LogP contribution in [-0.4, -0.2) is 52.8 Å². The minimum absolute atomic E-state index is 0.0449. The molecule has 7 heteroatoms. The number of carboxylic acids is 1. The summed E-state index contributed by atoms with van der Waals surface area (Å²) in [5.74, 6) is -0.882. The van der Waals surface area contributed by atoms with Crippen molar-refractivity contribution in [2.45, 2.75) is 37.8 Å². The van der Waals surface area contributed by atoms with Gasteiger partial charge in [-0.15, -0.1) is 0 Å². The average Bonchev–Trinajstić information content (AvgIpc) is 3.14. The molecule has 1 fully saturated rings. The van der Waals surface area contributed by atoms with E-state index in [4.69, 9.17) is 21.4 Å². The van der Waals surface area contributed by atoms with Gasteiger partial charge in [-0.25, -0.2) is 4.79 Å². The number of likely N-dealkylation sites (tertiary alicyclic amines) is 1. The van der Waals surface area contributed by atoms with Gasteiger partial charge < -0.3 is 19.8 Å². The first-order chi connectivity index (χ1) is 15.4. The number of carboxylic acid groups (broad SMARTS) is 1. The Morgan fingerprint density at radius 1 is 1.19 bits per heavy atom. The van der Waals surface area contributed by atoms with Crippen molar-refractivity contribution >= 4 is 23.5 Å². The minimum Gasteiger partial charge on any atom is -0.480 e. The van der Waals surface area contributed by atoms with E-state index in [1.165, 1.54) is 0 Å². The molecule has 1 aliphatic rings. The van der Waals surface area contributed by atoms with Crippen molar-refractivity contribution in [1.29, 1.82) is 0 Å². The second-order valence-corrected chi connectivity index (χ2v) is 8.25. The highest BCUT2D eigenvalue weighted by atomic mass is 35.5. The molecule has 32 heavy (non-hydrogen) atoms. The molecule has 6 nitrogen and oxygen atoms in total. The predicted molar refractivity (Wildman–Crippen MR) is 123 cm³/mol. The summed E-state index contributed by atoms with van der Waals surface area (Å²) in [5.41, 5.74) is 2.79. The highest BCUT2D eigenvalue weighted by Crippen LogP contribution is 2.26. The third-order valence-corrected chi connectivity index (χ3v) is 5.71. The normalized spacial score (nSPS) is 17.2. The fourth-order valence-electron chi connectivity index (χ4n) is 3.78. The average molecular weight is 458 g/mol. The number of rotatable bonds is 11. The molecule has 0 radical (unpaired) electrons. The molecule has 1 saturated heterocycles. The minimum atomic E-state index is -0.984. The molecule has 2 N–H and O–H groups in total. The molecule has 2 aromatic rings. The van der Waals surface area contributed by atoms with E-state index < -0.39 is 12.1 Å². The molecule has 1 amide bonds. The second-order valence-electron chi connectivity index (χ2n) is 7.81. The number of aliphatic hydroxyl groups excluding tert-OH is 1. The molecule has 1 aliphatic heterocycles. The summed E-state index contributed by atoms with van der Waals surface area (Å²) in [6.45, 7) is 0.648. The van der Waals surface area contributed by atoms with E-state index in [1.54, 1.807) is 6.08 Å². The molecule has 1 heterocycles. The molecular formula is C25H28ClNO5. The number of aliphatic hydroxyl groups is 1. The summed E-state index contributed by atoms with van der Waals surface area (Å²) in [6.07, 6.45) is 5.52. The van der Waals surface area contributed by atoms with E-state index in [1.807, 2.05) is 59.5 Å². The Bertz CT molecular complexity index is 944. The number of hydrogen-bond donors (Lipinski definition) is 2. The Morgan fingerprint density at radius 3 is 2.72 bits per heavy atom. The van der Waals surface area contributed by atoms with Crippen molar-refractivity contribution in [2.75, 3.05) is 19.8 Å². The highest BCUT2D eigenvalue weighted by molar-refractivity contribution is 6.30. The molecule has 0 aliphatic carbocycles. The van der Waals surface area contributed by atoms with Gasteiger partial charge in [-0.3, -0.25) is 4.79 Å². The molecule has 1 unspecified atom stereocenters. The number of nitrogens with zero attached hydrogens (tertiary/aromatic N) is 1. The van der Waals surface area contributed by atoms with Crippen LogP contribution in [0.15, 0.2) is 60.7 Å². The number of halogens is 1. The molecule has 0 bridgehead atoms. The number of amides is 1. The van der Waals surface area contributed by atoms with Crippen molar-refractivity contribution in [3.05, 3.63) is 71.3 Å². The summed E-state index contributed by atoms with van der Waals surface area (Å²) < 4.78 is 5.03. The molecule has 170 valence electrons. The maximum absolute atomic E-state index is 12.2. The zero-order chi connectivity index (χ0) is 22.9. The van der Waals surface area contributed by atoms with Gasteiger partial charge in [0.05, 0.1) is 12.1 Å². The standard InChI is InChI=1S/C25H28ClNO5/c26-21-8-6-18(7-9-21)19-4-3-5-20(16-19)23(28)12-10-22-11-13-24(29)27(22)14-1-2-15-32-17-25(30)31/h3-10,12,16,22-23,28H,1-2,11,13-15,17H2,(H,30,31)/t22-,23?/m0/s1. The molecule has 2 aromatic carbocycles. The SMILES string of the molecule is O=C(O)COCCCCN1C(=O)CC[C@@H]1C=CC(O)c1cccc(-c2ccc(Cl)cc2)c1. The second kappa shape index (κ2) is 11.8. The van der Waals surface area contributed by atoms with Gasteiger partial charge in [0, 0.05) is 24.6 Å². The van der Waals surface area contributed by atoms with Crippen molar-refractivity contribution in [3.63, 3.8) is 0 Å². The van der Waals surface area contributed by atoms with Gasteiger partial charge in [0.15, 0.2) is 0 Å². The topological polar surface area (TPSA) is 87.1 Å². The van der Waals surface area contributed by atoms with Crippen LogP contribution in [0, 0.1) is 0 Å². The third kappa shape index (κ3) is 6.92. The van der Waals surface area contributed by atoms with Crippen LogP contribution < -0.4 is 0 Å². The maximum atomic E-state index is 12.2. The number of unbranched alkanes of at least 4 members (excludes halogenated alkanes) is 1. The summed E-state index contributed by atoms with van der Waals surface area (Å²) in [7, 11) is 0. The molecule has 2 atom stereocenters. The first-order valence-corrected chi connectivity index (χ1v) is 11.1. The Kier molecular flexibility index (Phi) is 8.85. The first kappa shape index (κ1) is 24.0. The van der Waals surface area contributed by atoms with E-state index in [9.17, 15) is 14.7 Å². The number of hydrogen-bond acceptors (Lipinski definition) is 4. The van der Waals surface area contributed by atoms with Crippen molar-refractivity contribution in [2.24, 2.45) is 0 Å². The Morgan fingerprint density at radius 2 is 1.97 bits per heavy atom. The van der Waals surface area contributed by atoms with E-state index in [0.717, 1.165) is 29.5 Å². The Balaban J connectivity index is 1.56. The summed E-state index contributed by atoms with van der Waals surface area (Å²) in [6, 6.07) is 15.2. The quantitative estimate of drug-likeness (QED) is 0.384. The lowest BCUT2D eigenvalue weighted by molar-refractivity contribution is -0.142. The van der Waals surface area contributed by atoms with Gasteiger partial charge in [-0.1, -0.05) is 54.1 Å².